The summed E-state index contributed by atoms with van der Waals surface area (Å²) >= 11 is 1.62. The van der Waals surface area contributed by atoms with Crippen molar-refractivity contribution in [2.24, 2.45) is 10.2 Å². The largest absolute Gasteiger partial charge is 0.380 e. The van der Waals surface area contributed by atoms with Gasteiger partial charge in [-0.25, -0.2) is 4.98 Å². The molecule has 0 saturated carbocycles. The second kappa shape index (κ2) is 6.89. The molecule has 0 aliphatic carbocycles. The van der Waals surface area contributed by atoms with Gasteiger partial charge < -0.3 is 4.74 Å². The Kier molecular flexibility index (Phi) is 4.93. The number of aromatic nitrogens is 1. The first-order valence-corrected chi connectivity index (χ1v) is 6.92. The van der Waals surface area contributed by atoms with Crippen LogP contribution in [-0.4, -0.2) is 12.1 Å². The van der Waals surface area contributed by atoms with E-state index in [1.807, 2.05) is 30.5 Å². The van der Waals surface area contributed by atoms with Crippen molar-refractivity contribution in [3.05, 3.63) is 45.3 Å². The molecule has 0 fully saturated rings. The summed E-state index contributed by atoms with van der Waals surface area (Å²) in [5.41, 5.74) is 2.00. The number of nitrogens with zero attached hydrogens (tertiary/aromatic N) is 4. The quantitative estimate of drug-likeness (QED) is 0.786. The lowest BCUT2D eigenvalue weighted by Crippen LogP contribution is -1.97. The summed E-state index contributed by atoms with van der Waals surface area (Å²) in [6.07, 6.45) is 0. The first-order chi connectivity index (χ1) is 9.74. The molecule has 0 aliphatic rings. The average Bonchev–Trinajstić information content (AvgIpc) is 2.92. The number of rotatable bonds is 5. The average molecular weight is 286 g/mol. The lowest BCUT2D eigenvalue weighted by molar-refractivity contribution is 0.184. The number of pyridine rings is 1. The molecule has 2 aromatic heterocycles. The molecule has 2 aromatic rings. The maximum absolute atomic E-state index is 9.25. The summed E-state index contributed by atoms with van der Waals surface area (Å²) in [6, 6.07) is 7.92. The van der Waals surface area contributed by atoms with Gasteiger partial charge in [0.05, 0.1) is 13.2 Å². The Labute approximate surface area is 121 Å². The zero-order chi connectivity index (χ0) is 14.4. The standard InChI is InChI=1S/C14H14N4OS/c1-10-6-11(9-19-2)13(7-15)14(17-10)18-16-8-12-4-3-5-20-12/h3-6H,8-9H2,1-2H3. The highest BCUT2D eigenvalue weighted by Gasteiger charge is 2.10. The van der Waals surface area contributed by atoms with E-state index < -0.39 is 0 Å². The van der Waals surface area contributed by atoms with Gasteiger partial charge in [0, 0.05) is 23.2 Å². The molecule has 2 rings (SSSR count). The number of nitriles is 1. The number of hydrogen-bond donors (Lipinski definition) is 0. The first-order valence-electron chi connectivity index (χ1n) is 6.04. The van der Waals surface area contributed by atoms with Crippen molar-refractivity contribution in [1.82, 2.24) is 4.98 Å². The molecule has 0 atom stereocenters. The van der Waals surface area contributed by atoms with Crippen molar-refractivity contribution in [3.8, 4) is 6.07 Å². The Morgan fingerprint density at radius 1 is 1.50 bits per heavy atom. The Hall–Kier alpha value is -2.10. The first kappa shape index (κ1) is 14.3. The van der Waals surface area contributed by atoms with Crippen LogP contribution in [0.2, 0.25) is 0 Å². The summed E-state index contributed by atoms with van der Waals surface area (Å²) < 4.78 is 5.09. The fraction of sp³-hybridized carbons (Fsp3) is 0.286. The second-order valence-corrected chi connectivity index (χ2v) is 5.18. The van der Waals surface area contributed by atoms with Gasteiger partial charge in [0.2, 0.25) is 0 Å². The molecule has 2 heterocycles. The van der Waals surface area contributed by atoms with Gasteiger partial charge in [0.1, 0.15) is 11.6 Å². The molecule has 20 heavy (non-hydrogen) atoms. The molecule has 0 spiro atoms. The van der Waals surface area contributed by atoms with E-state index in [0.717, 1.165) is 16.1 Å². The number of hydrogen-bond acceptors (Lipinski definition) is 6. The van der Waals surface area contributed by atoms with Crippen LogP contribution in [0.5, 0.6) is 0 Å². The SMILES string of the molecule is COCc1cc(C)nc(N=NCc2cccs2)c1C#N. The molecule has 0 saturated heterocycles. The van der Waals surface area contributed by atoms with Gasteiger partial charge in [-0.2, -0.15) is 10.4 Å². The molecular formula is C14H14N4OS. The van der Waals surface area contributed by atoms with Crippen molar-refractivity contribution >= 4 is 17.2 Å². The fourth-order valence-electron chi connectivity index (χ4n) is 1.76. The van der Waals surface area contributed by atoms with Crippen molar-refractivity contribution in [1.29, 1.82) is 5.26 Å². The number of aryl methyl sites for hydroxylation is 1. The molecule has 0 N–H and O–H groups in total. The van der Waals surface area contributed by atoms with Crippen molar-refractivity contribution < 1.29 is 4.74 Å². The summed E-state index contributed by atoms with van der Waals surface area (Å²) in [7, 11) is 1.59. The number of ether oxygens (including phenoxy) is 1. The third kappa shape index (κ3) is 3.47. The predicted octanol–water partition coefficient (Wildman–Crippen LogP) is 3.75. The van der Waals surface area contributed by atoms with Crippen LogP contribution < -0.4 is 0 Å². The lowest BCUT2D eigenvalue weighted by atomic mass is 10.1. The Morgan fingerprint density at radius 3 is 3.00 bits per heavy atom. The molecule has 0 amide bonds. The van der Waals surface area contributed by atoms with Crippen LogP contribution in [0.25, 0.3) is 0 Å². The minimum Gasteiger partial charge on any atom is -0.380 e. The van der Waals surface area contributed by atoms with Crippen LogP contribution in [0.15, 0.2) is 33.8 Å². The fourth-order valence-corrected chi connectivity index (χ4v) is 2.38. The molecule has 6 heteroatoms. The Bertz CT molecular complexity index is 644. The summed E-state index contributed by atoms with van der Waals surface area (Å²) in [5.74, 6) is 0.358. The van der Waals surface area contributed by atoms with E-state index in [2.05, 4.69) is 21.3 Å². The Balaban J connectivity index is 2.26. The summed E-state index contributed by atoms with van der Waals surface area (Å²) in [4.78, 5) is 5.39. The van der Waals surface area contributed by atoms with Gasteiger partial charge in [-0.3, -0.25) is 0 Å². The molecule has 5 nitrogen and oxygen atoms in total. The topological polar surface area (TPSA) is 70.6 Å². The maximum Gasteiger partial charge on any atom is 0.192 e. The highest BCUT2D eigenvalue weighted by Crippen LogP contribution is 2.22. The van der Waals surface area contributed by atoms with E-state index >= 15 is 0 Å². The van der Waals surface area contributed by atoms with Crippen LogP contribution in [0.4, 0.5) is 5.82 Å². The smallest absolute Gasteiger partial charge is 0.192 e. The van der Waals surface area contributed by atoms with Gasteiger partial charge in [0.15, 0.2) is 5.82 Å². The second-order valence-electron chi connectivity index (χ2n) is 4.15. The zero-order valence-electron chi connectivity index (χ0n) is 11.3. The van der Waals surface area contributed by atoms with Crippen LogP contribution in [0, 0.1) is 18.3 Å². The van der Waals surface area contributed by atoms with Gasteiger partial charge >= 0.3 is 0 Å². The molecule has 0 aliphatic heterocycles. The monoisotopic (exact) mass is 286 g/mol. The lowest BCUT2D eigenvalue weighted by Gasteiger charge is -2.05. The van der Waals surface area contributed by atoms with Crippen LogP contribution in [-0.2, 0) is 17.9 Å². The van der Waals surface area contributed by atoms with E-state index in [4.69, 9.17) is 4.74 Å². The normalized spacial score (nSPS) is 10.8. The van der Waals surface area contributed by atoms with Gasteiger partial charge in [0.25, 0.3) is 0 Å². The maximum atomic E-state index is 9.25. The molecule has 102 valence electrons. The number of methoxy groups -OCH3 is 1. The molecule has 0 unspecified atom stereocenters. The minimum atomic E-state index is 0.358. The Morgan fingerprint density at radius 2 is 2.35 bits per heavy atom. The van der Waals surface area contributed by atoms with E-state index in [1.54, 1.807) is 18.4 Å². The number of azo groups is 1. The number of thiophene rings is 1. The van der Waals surface area contributed by atoms with Gasteiger partial charge in [-0.1, -0.05) is 6.07 Å². The summed E-state index contributed by atoms with van der Waals surface area (Å²) in [6.45, 7) is 2.72. The molecular weight excluding hydrogens is 272 g/mol. The minimum absolute atomic E-state index is 0.358. The predicted molar refractivity (Wildman–Crippen MR) is 76.9 cm³/mol. The highest BCUT2D eigenvalue weighted by molar-refractivity contribution is 7.09. The van der Waals surface area contributed by atoms with Crippen molar-refractivity contribution in [2.75, 3.05) is 7.11 Å². The van der Waals surface area contributed by atoms with Crippen LogP contribution in [0.3, 0.4) is 0 Å². The third-order valence-electron chi connectivity index (χ3n) is 2.59. The van der Waals surface area contributed by atoms with E-state index in [1.165, 1.54) is 0 Å². The van der Waals surface area contributed by atoms with E-state index in [-0.39, 0.29) is 0 Å². The van der Waals surface area contributed by atoms with E-state index in [0.29, 0.717) is 24.5 Å². The van der Waals surface area contributed by atoms with Gasteiger partial charge in [-0.15, -0.1) is 16.5 Å². The van der Waals surface area contributed by atoms with Crippen molar-refractivity contribution in [2.45, 2.75) is 20.1 Å². The third-order valence-corrected chi connectivity index (χ3v) is 3.45. The van der Waals surface area contributed by atoms with E-state index in [9.17, 15) is 5.26 Å². The molecule has 0 aromatic carbocycles. The highest BCUT2D eigenvalue weighted by atomic mass is 32.1. The van der Waals surface area contributed by atoms with Crippen LogP contribution in [0.1, 0.15) is 21.7 Å². The van der Waals surface area contributed by atoms with Crippen molar-refractivity contribution in [3.63, 3.8) is 0 Å². The summed E-state index contributed by atoms with van der Waals surface area (Å²) in [5, 5.41) is 19.5. The molecule has 0 radical (unpaired) electrons. The van der Waals surface area contributed by atoms with Crippen LogP contribution >= 0.6 is 11.3 Å². The van der Waals surface area contributed by atoms with Gasteiger partial charge in [-0.05, 0) is 24.4 Å². The molecule has 0 bridgehead atoms. The zero-order valence-corrected chi connectivity index (χ0v) is 12.1.